The molecule has 0 aliphatic heterocycles. The van der Waals surface area contributed by atoms with Crippen LogP contribution in [0.1, 0.15) is 58.9 Å². The van der Waals surface area contributed by atoms with E-state index < -0.39 is 11.6 Å². The zero-order valence-corrected chi connectivity index (χ0v) is 20.6. The zero-order chi connectivity index (χ0) is 24.3. The van der Waals surface area contributed by atoms with Crippen molar-refractivity contribution in [2.24, 2.45) is 23.5 Å². The van der Waals surface area contributed by atoms with Crippen LogP contribution < -0.4 is 15.2 Å². The number of ether oxygens (including phenoxy) is 3. The average Bonchev–Trinajstić information content (AvgIpc) is 2.74. The van der Waals surface area contributed by atoms with Crippen LogP contribution in [0.3, 0.4) is 0 Å². The second kappa shape index (κ2) is 13.7. The van der Waals surface area contributed by atoms with Crippen LogP contribution in [0.25, 0.3) is 0 Å². The number of carboxylic acids is 1. The molecule has 0 amide bonds. The van der Waals surface area contributed by atoms with Crippen LogP contribution in [-0.2, 0) is 16.0 Å². The predicted molar refractivity (Wildman–Crippen MR) is 126 cm³/mol. The SMILES string of the molecule is COCCCOc1cc(CC(CC(N)CCC(O)(C(=O)O)C(C)C)C(C)C)ccc1OC. The van der Waals surface area contributed by atoms with Crippen molar-refractivity contribution in [3.05, 3.63) is 23.8 Å². The predicted octanol–water partition coefficient (Wildman–Crippen LogP) is 3.89. The maximum atomic E-state index is 11.5. The Hall–Kier alpha value is -1.83. The second-order valence-corrected chi connectivity index (χ2v) is 9.31. The van der Waals surface area contributed by atoms with E-state index in [1.54, 1.807) is 28.1 Å². The van der Waals surface area contributed by atoms with Crippen LogP contribution >= 0.6 is 0 Å². The highest BCUT2D eigenvalue weighted by Gasteiger charge is 2.39. The van der Waals surface area contributed by atoms with Gasteiger partial charge in [0.15, 0.2) is 17.1 Å². The summed E-state index contributed by atoms with van der Waals surface area (Å²) in [7, 11) is 3.30. The number of hydrogen-bond donors (Lipinski definition) is 3. The number of nitrogens with two attached hydrogens (primary N) is 1. The van der Waals surface area contributed by atoms with Gasteiger partial charge in [0.05, 0.1) is 13.7 Å². The van der Waals surface area contributed by atoms with E-state index in [0.717, 1.165) is 30.6 Å². The minimum atomic E-state index is -1.74. The molecular formula is C25H43NO6. The van der Waals surface area contributed by atoms with Gasteiger partial charge in [-0.1, -0.05) is 33.8 Å². The molecule has 0 bridgehead atoms. The molecule has 0 fully saturated rings. The van der Waals surface area contributed by atoms with E-state index in [0.29, 0.717) is 37.2 Å². The molecule has 0 saturated heterocycles. The Kier molecular flexibility index (Phi) is 12.0. The Morgan fingerprint density at radius 3 is 2.34 bits per heavy atom. The van der Waals surface area contributed by atoms with E-state index in [9.17, 15) is 15.0 Å². The average molecular weight is 454 g/mol. The third-order valence-electron chi connectivity index (χ3n) is 6.25. The number of methoxy groups -OCH3 is 2. The first-order valence-corrected chi connectivity index (χ1v) is 11.5. The molecule has 3 unspecified atom stereocenters. The Bertz CT molecular complexity index is 693. The van der Waals surface area contributed by atoms with Crippen LogP contribution in [0.15, 0.2) is 18.2 Å². The molecule has 1 aromatic rings. The standard InChI is InChI=1S/C25H43NO6/c1-17(2)20(16-21(26)10-11-25(29,18(3)4)24(27)28)14-19-8-9-22(31-6)23(15-19)32-13-7-12-30-5/h8-9,15,17-18,20-21,29H,7,10-14,16,26H2,1-6H3,(H,27,28). The second-order valence-electron chi connectivity index (χ2n) is 9.31. The van der Waals surface area contributed by atoms with E-state index in [-0.39, 0.29) is 18.4 Å². The number of aliphatic hydroxyl groups is 1. The van der Waals surface area contributed by atoms with E-state index in [2.05, 4.69) is 13.8 Å². The van der Waals surface area contributed by atoms with E-state index >= 15 is 0 Å². The molecule has 0 aromatic heterocycles. The molecule has 4 N–H and O–H groups in total. The molecule has 1 aromatic carbocycles. The quantitative estimate of drug-likeness (QED) is 0.326. The van der Waals surface area contributed by atoms with Crippen molar-refractivity contribution < 1.29 is 29.2 Å². The van der Waals surface area contributed by atoms with Crippen LogP contribution in [0.5, 0.6) is 11.5 Å². The van der Waals surface area contributed by atoms with E-state index in [4.69, 9.17) is 19.9 Å². The Balaban J connectivity index is 2.81. The van der Waals surface area contributed by atoms with E-state index in [1.807, 2.05) is 18.2 Å². The molecule has 0 heterocycles. The maximum Gasteiger partial charge on any atom is 0.335 e. The Labute approximate surface area is 193 Å². The summed E-state index contributed by atoms with van der Waals surface area (Å²) in [6.07, 6.45) is 2.99. The lowest BCUT2D eigenvalue weighted by Crippen LogP contribution is -2.45. The number of benzene rings is 1. The molecule has 0 radical (unpaired) electrons. The monoisotopic (exact) mass is 453 g/mol. The van der Waals surface area contributed by atoms with Gasteiger partial charge in [-0.05, 0) is 61.1 Å². The molecule has 7 nitrogen and oxygen atoms in total. The number of carboxylic acid groups (broad SMARTS) is 1. The van der Waals surface area contributed by atoms with Crippen molar-refractivity contribution in [2.45, 2.75) is 71.4 Å². The number of rotatable bonds is 16. The van der Waals surface area contributed by atoms with Gasteiger partial charge in [-0.3, -0.25) is 0 Å². The van der Waals surface area contributed by atoms with Gasteiger partial charge in [0.25, 0.3) is 0 Å². The highest BCUT2D eigenvalue weighted by Crippen LogP contribution is 2.32. The van der Waals surface area contributed by atoms with Gasteiger partial charge >= 0.3 is 5.97 Å². The topological polar surface area (TPSA) is 111 Å². The smallest absolute Gasteiger partial charge is 0.335 e. The molecule has 0 saturated carbocycles. The summed E-state index contributed by atoms with van der Waals surface area (Å²) in [6, 6.07) is 5.81. The van der Waals surface area contributed by atoms with E-state index in [1.165, 1.54) is 0 Å². The molecular weight excluding hydrogens is 410 g/mol. The molecule has 0 spiro atoms. The molecule has 0 aliphatic carbocycles. The summed E-state index contributed by atoms with van der Waals surface area (Å²) in [5, 5.41) is 19.9. The third kappa shape index (κ3) is 8.60. The first kappa shape index (κ1) is 28.2. The third-order valence-corrected chi connectivity index (χ3v) is 6.25. The van der Waals surface area contributed by atoms with Crippen LogP contribution in [-0.4, -0.2) is 55.3 Å². The summed E-state index contributed by atoms with van der Waals surface area (Å²) in [5.41, 5.74) is 5.78. The Morgan fingerprint density at radius 2 is 1.81 bits per heavy atom. The minimum absolute atomic E-state index is 0.147. The lowest BCUT2D eigenvalue weighted by Gasteiger charge is -2.30. The van der Waals surface area contributed by atoms with Gasteiger partial charge in [0, 0.05) is 26.2 Å². The van der Waals surface area contributed by atoms with Crippen LogP contribution in [0.4, 0.5) is 0 Å². The van der Waals surface area contributed by atoms with Gasteiger partial charge < -0.3 is 30.2 Å². The molecule has 7 heteroatoms. The number of hydrogen-bond acceptors (Lipinski definition) is 6. The van der Waals surface area contributed by atoms with Gasteiger partial charge in [0.2, 0.25) is 0 Å². The van der Waals surface area contributed by atoms with Gasteiger partial charge in [-0.2, -0.15) is 0 Å². The fourth-order valence-corrected chi connectivity index (χ4v) is 3.79. The highest BCUT2D eigenvalue weighted by molar-refractivity contribution is 5.77. The molecule has 3 atom stereocenters. The van der Waals surface area contributed by atoms with Crippen molar-refractivity contribution in [2.75, 3.05) is 27.4 Å². The number of aliphatic carboxylic acids is 1. The Morgan fingerprint density at radius 1 is 1.12 bits per heavy atom. The maximum absolute atomic E-state index is 11.5. The highest BCUT2D eigenvalue weighted by atomic mass is 16.5. The fourth-order valence-electron chi connectivity index (χ4n) is 3.79. The first-order chi connectivity index (χ1) is 15.0. The van der Waals surface area contributed by atoms with Crippen molar-refractivity contribution in [1.29, 1.82) is 0 Å². The summed E-state index contributed by atoms with van der Waals surface area (Å²) < 4.78 is 16.4. The molecule has 184 valence electrons. The number of carbonyl (C=O) groups is 1. The lowest BCUT2D eigenvalue weighted by atomic mass is 9.80. The van der Waals surface area contributed by atoms with Crippen molar-refractivity contribution in [3.63, 3.8) is 0 Å². The molecule has 0 aliphatic rings. The van der Waals surface area contributed by atoms with Crippen LogP contribution in [0, 0.1) is 17.8 Å². The summed E-state index contributed by atoms with van der Waals surface area (Å²) in [6.45, 7) is 8.97. The van der Waals surface area contributed by atoms with Crippen molar-refractivity contribution >= 4 is 5.97 Å². The minimum Gasteiger partial charge on any atom is -0.493 e. The van der Waals surface area contributed by atoms with Crippen molar-refractivity contribution in [1.82, 2.24) is 0 Å². The summed E-state index contributed by atoms with van der Waals surface area (Å²) >= 11 is 0. The fraction of sp³-hybridized carbons (Fsp3) is 0.720. The normalized spacial score (nSPS) is 15.4. The zero-order valence-electron chi connectivity index (χ0n) is 20.6. The largest absolute Gasteiger partial charge is 0.493 e. The lowest BCUT2D eigenvalue weighted by molar-refractivity contribution is -0.164. The van der Waals surface area contributed by atoms with Crippen molar-refractivity contribution in [3.8, 4) is 11.5 Å². The van der Waals surface area contributed by atoms with Gasteiger partial charge in [-0.25, -0.2) is 4.79 Å². The molecule has 32 heavy (non-hydrogen) atoms. The van der Waals surface area contributed by atoms with Crippen LogP contribution in [0.2, 0.25) is 0 Å². The van der Waals surface area contributed by atoms with Gasteiger partial charge in [0.1, 0.15) is 0 Å². The summed E-state index contributed by atoms with van der Waals surface area (Å²) in [5.74, 6) is 0.572. The van der Waals surface area contributed by atoms with Gasteiger partial charge in [-0.15, -0.1) is 0 Å². The summed E-state index contributed by atoms with van der Waals surface area (Å²) in [4.78, 5) is 11.5. The first-order valence-electron chi connectivity index (χ1n) is 11.5. The molecule has 1 rings (SSSR count).